The smallest absolute Gasteiger partial charge is 0.300 e. The number of anilines is 1. The molecule has 0 spiro atoms. The molecule has 6 nitrogen and oxygen atoms in total. The Morgan fingerprint density at radius 2 is 1.88 bits per heavy atom. The molecule has 2 heterocycles. The van der Waals surface area contributed by atoms with Gasteiger partial charge < -0.3 is 14.3 Å². The number of ether oxygens (including phenoxy) is 1. The van der Waals surface area contributed by atoms with Crippen LogP contribution >= 0.6 is 11.6 Å². The van der Waals surface area contributed by atoms with Gasteiger partial charge in [0, 0.05) is 16.3 Å². The van der Waals surface area contributed by atoms with Crippen LogP contribution in [-0.4, -0.2) is 23.4 Å². The number of aryl methyl sites for hydroxylation is 1. The van der Waals surface area contributed by atoms with E-state index in [2.05, 4.69) is 13.8 Å². The third kappa shape index (κ3) is 4.39. The monoisotopic (exact) mass is 465 g/mol. The highest BCUT2D eigenvalue weighted by Gasteiger charge is 2.48. The first kappa shape index (κ1) is 22.7. The van der Waals surface area contributed by atoms with Crippen molar-refractivity contribution in [3.8, 4) is 5.75 Å². The van der Waals surface area contributed by atoms with Crippen LogP contribution in [0.5, 0.6) is 5.75 Å². The van der Waals surface area contributed by atoms with Gasteiger partial charge in [0.15, 0.2) is 0 Å². The molecule has 1 aliphatic rings. The Hall–Kier alpha value is -3.51. The average Bonchev–Trinajstić information content (AvgIpc) is 3.40. The molecule has 2 aromatic carbocycles. The third-order valence-corrected chi connectivity index (χ3v) is 5.62. The first-order valence-electron chi connectivity index (χ1n) is 10.6. The molecule has 170 valence electrons. The second-order valence-electron chi connectivity index (χ2n) is 8.34. The lowest BCUT2D eigenvalue weighted by Crippen LogP contribution is -2.29. The van der Waals surface area contributed by atoms with E-state index in [1.165, 1.54) is 11.2 Å². The molecule has 1 fully saturated rings. The first-order chi connectivity index (χ1) is 15.8. The predicted octanol–water partition coefficient (Wildman–Crippen LogP) is 5.90. The van der Waals surface area contributed by atoms with Crippen molar-refractivity contribution in [2.45, 2.75) is 26.8 Å². The molecule has 1 N–H and O–H groups in total. The standard InChI is InChI=1S/C26H24ClNO5/c1-15(2)14-33-19-9-6-17(7-10-19)24(29)22-23(21-5-4-12-32-21)28(26(31)25(22)30)20-11-8-18(27)13-16(20)3/h4-13,15,23,29H,14H2,1-3H3/b24-22-. The van der Waals surface area contributed by atoms with Gasteiger partial charge in [-0.1, -0.05) is 25.4 Å². The highest BCUT2D eigenvalue weighted by molar-refractivity contribution is 6.51. The molecule has 0 radical (unpaired) electrons. The molecule has 33 heavy (non-hydrogen) atoms. The summed E-state index contributed by atoms with van der Waals surface area (Å²) in [6.07, 6.45) is 1.46. The van der Waals surface area contributed by atoms with Crippen LogP contribution in [0, 0.1) is 12.8 Å². The molecule has 4 rings (SSSR count). The summed E-state index contributed by atoms with van der Waals surface area (Å²) in [5.74, 6) is -0.427. The van der Waals surface area contributed by atoms with E-state index in [0.717, 1.165) is 0 Å². The molecule has 1 aliphatic heterocycles. The first-order valence-corrected chi connectivity index (χ1v) is 11.0. The topological polar surface area (TPSA) is 80.0 Å². The van der Waals surface area contributed by atoms with E-state index in [4.69, 9.17) is 20.8 Å². The van der Waals surface area contributed by atoms with Crippen molar-refractivity contribution in [3.63, 3.8) is 0 Å². The molecule has 1 amide bonds. The van der Waals surface area contributed by atoms with Gasteiger partial charge in [-0.3, -0.25) is 14.5 Å². The van der Waals surface area contributed by atoms with E-state index in [-0.39, 0.29) is 11.3 Å². The lowest BCUT2D eigenvalue weighted by atomic mass is 9.99. The largest absolute Gasteiger partial charge is 0.507 e. The molecular formula is C26H24ClNO5. The number of furan rings is 1. The van der Waals surface area contributed by atoms with E-state index < -0.39 is 17.7 Å². The van der Waals surface area contributed by atoms with Crippen molar-refractivity contribution in [2.24, 2.45) is 5.92 Å². The Bertz CT molecular complexity index is 1210. The number of halogens is 1. The third-order valence-electron chi connectivity index (χ3n) is 5.39. The van der Waals surface area contributed by atoms with Crippen molar-refractivity contribution in [2.75, 3.05) is 11.5 Å². The Kier molecular flexibility index (Phi) is 6.29. The Morgan fingerprint density at radius 1 is 1.15 bits per heavy atom. The molecule has 7 heteroatoms. The van der Waals surface area contributed by atoms with E-state index in [9.17, 15) is 14.7 Å². The van der Waals surface area contributed by atoms with E-state index in [1.54, 1.807) is 61.5 Å². The van der Waals surface area contributed by atoms with Crippen LogP contribution in [0.15, 0.2) is 70.9 Å². The van der Waals surface area contributed by atoms with Gasteiger partial charge in [0.25, 0.3) is 11.7 Å². The molecule has 1 saturated heterocycles. The number of carbonyl (C=O) groups is 2. The minimum atomic E-state index is -0.920. The number of carbonyl (C=O) groups excluding carboxylic acids is 2. The fraction of sp³-hybridized carbons (Fsp3) is 0.231. The molecule has 3 aromatic rings. The quantitative estimate of drug-likeness (QED) is 0.278. The molecule has 0 bridgehead atoms. The van der Waals surface area contributed by atoms with E-state index in [1.807, 2.05) is 0 Å². The summed E-state index contributed by atoms with van der Waals surface area (Å²) in [7, 11) is 0. The fourth-order valence-corrected chi connectivity index (χ4v) is 4.04. The number of rotatable bonds is 6. The lowest BCUT2D eigenvalue weighted by Gasteiger charge is -2.25. The van der Waals surface area contributed by atoms with Crippen LogP contribution in [0.1, 0.15) is 36.8 Å². The van der Waals surface area contributed by atoms with Crippen molar-refractivity contribution < 1.29 is 23.8 Å². The summed E-state index contributed by atoms with van der Waals surface area (Å²) < 4.78 is 11.3. The minimum absolute atomic E-state index is 0.0415. The Balaban J connectivity index is 1.80. The van der Waals surface area contributed by atoms with Crippen molar-refractivity contribution in [1.82, 2.24) is 0 Å². The fourth-order valence-electron chi connectivity index (χ4n) is 3.81. The molecule has 0 aliphatic carbocycles. The number of ketones is 1. The molecule has 0 saturated carbocycles. The Morgan fingerprint density at radius 3 is 2.48 bits per heavy atom. The zero-order valence-electron chi connectivity index (χ0n) is 18.5. The maximum Gasteiger partial charge on any atom is 0.300 e. The van der Waals surface area contributed by atoms with Gasteiger partial charge in [0.2, 0.25) is 0 Å². The number of hydrogen-bond donors (Lipinski definition) is 1. The number of hydrogen-bond acceptors (Lipinski definition) is 5. The molecule has 1 aromatic heterocycles. The summed E-state index contributed by atoms with van der Waals surface area (Å²) in [4.78, 5) is 27.6. The van der Waals surface area contributed by atoms with E-state index >= 15 is 0 Å². The van der Waals surface area contributed by atoms with Crippen LogP contribution in [0.4, 0.5) is 5.69 Å². The van der Waals surface area contributed by atoms with Gasteiger partial charge in [0.05, 0.1) is 18.4 Å². The van der Waals surface area contributed by atoms with Crippen molar-refractivity contribution in [1.29, 1.82) is 0 Å². The van der Waals surface area contributed by atoms with Crippen LogP contribution < -0.4 is 9.64 Å². The van der Waals surface area contributed by atoms with Crippen LogP contribution in [0.25, 0.3) is 5.76 Å². The second-order valence-corrected chi connectivity index (χ2v) is 8.78. The van der Waals surface area contributed by atoms with Gasteiger partial charge in [-0.05, 0) is 73.0 Å². The maximum atomic E-state index is 13.1. The highest BCUT2D eigenvalue weighted by Crippen LogP contribution is 2.43. The van der Waals surface area contributed by atoms with E-state index in [0.29, 0.717) is 45.9 Å². The maximum absolute atomic E-state index is 13.1. The number of aliphatic hydroxyl groups is 1. The zero-order chi connectivity index (χ0) is 23.7. The SMILES string of the molecule is Cc1cc(Cl)ccc1N1C(=O)C(=O)/C(=C(\O)c2ccc(OCC(C)C)cc2)C1c1ccco1. The molecule has 1 atom stereocenters. The molecular weight excluding hydrogens is 442 g/mol. The number of amides is 1. The van der Waals surface area contributed by atoms with Gasteiger partial charge in [-0.2, -0.15) is 0 Å². The summed E-state index contributed by atoms with van der Waals surface area (Å²) in [5, 5.41) is 11.7. The minimum Gasteiger partial charge on any atom is -0.507 e. The van der Waals surface area contributed by atoms with Gasteiger partial charge in [0.1, 0.15) is 23.3 Å². The summed E-state index contributed by atoms with van der Waals surface area (Å²) in [6, 6.07) is 14.2. The van der Waals surface area contributed by atoms with Crippen LogP contribution in [-0.2, 0) is 9.59 Å². The average molecular weight is 466 g/mol. The Labute approximate surface area is 197 Å². The predicted molar refractivity (Wildman–Crippen MR) is 126 cm³/mol. The number of Topliss-reactive ketones (excluding diaryl/α,β-unsaturated/α-hetero) is 1. The highest BCUT2D eigenvalue weighted by atomic mass is 35.5. The zero-order valence-corrected chi connectivity index (χ0v) is 19.3. The second kappa shape index (κ2) is 9.16. The normalized spacial score (nSPS) is 17.7. The van der Waals surface area contributed by atoms with Gasteiger partial charge >= 0.3 is 0 Å². The number of nitrogens with zero attached hydrogens (tertiary/aromatic N) is 1. The lowest BCUT2D eigenvalue weighted by molar-refractivity contribution is -0.132. The summed E-state index contributed by atoms with van der Waals surface area (Å²) in [5.41, 5.74) is 1.58. The van der Waals surface area contributed by atoms with Gasteiger partial charge in [-0.15, -0.1) is 0 Å². The van der Waals surface area contributed by atoms with Crippen molar-refractivity contribution in [3.05, 3.63) is 88.3 Å². The number of benzene rings is 2. The summed E-state index contributed by atoms with van der Waals surface area (Å²) >= 11 is 6.09. The summed E-state index contributed by atoms with van der Waals surface area (Å²) in [6.45, 7) is 6.47. The van der Waals surface area contributed by atoms with Gasteiger partial charge in [-0.25, -0.2) is 0 Å². The van der Waals surface area contributed by atoms with Crippen LogP contribution in [0.2, 0.25) is 5.02 Å². The number of aliphatic hydroxyl groups excluding tert-OH is 1. The van der Waals surface area contributed by atoms with Crippen molar-refractivity contribution >= 4 is 34.7 Å². The molecule has 1 unspecified atom stereocenters. The van der Waals surface area contributed by atoms with Crippen LogP contribution in [0.3, 0.4) is 0 Å².